The van der Waals surface area contributed by atoms with E-state index in [1.54, 1.807) is 24.3 Å². The van der Waals surface area contributed by atoms with Gasteiger partial charge in [0.25, 0.3) is 0 Å². The molecule has 1 amide bonds. The van der Waals surface area contributed by atoms with E-state index in [4.69, 9.17) is 15.6 Å². The number of ether oxygens (including phenoxy) is 1. The first-order valence-electron chi connectivity index (χ1n) is 4.23. The number of amides is 1. The standard InChI is InChI=1S/C10H13NO3/c1-14-8-4-2-3-7(5-8)9(6-12)10(11)13/h2-5,9,12H,6H2,1H3,(H2,11,13). The van der Waals surface area contributed by atoms with E-state index in [1.165, 1.54) is 7.11 Å². The van der Waals surface area contributed by atoms with Crippen LogP contribution in [-0.2, 0) is 4.79 Å². The van der Waals surface area contributed by atoms with Gasteiger partial charge in [0.15, 0.2) is 0 Å². The number of benzene rings is 1. The predicted octanol–water partition coefficient (Wildman–Crippen LogP) is 0.256. The van der Waals surface area contributed by atoms with Gasteiger partial charge in [-0.15, -0.1) is 0 Å². The quantitative estimate of drug-likeness (QED) is 0.723. The first kappa shape index (κ1) is 10.5. The molecule has 0 aliphatic rings. The summed E-state index contributed by atoms with van der Waals surface area (Å²) in [5.74, 6) is -0.562. The van der Waals surface area contributed by atoms with Gasteiger partial charge in [-0.2, -0.15) is 0 Å². The predicted molar refractivity (Wildman–Crippen MR) is 52.0 cm³/mol. The number of carbonyl (C=O) groups excluding carboxylic acids is 1. The molecule has 1 unspecified atom stereocenters. The van der Waals surface area contributed by atoms with Crippen molar-refractivity contribution in [2.45, 2.75) is 5.92 Å². The molecule has 76 valence electrons. The van der Waals surface area contributed by atoms with Crippen molar-refractivity contribution in [1.29, 1.82) is 0 Å². The summed E-state index contributed by atoms with van der Waals surface area (Å²) < 4.78 is 5.00. The molecule has 0 spiro atoms. The number of aliphatic hydroxyl groups is 1. The van der Waals surface area contributed by atoms with Crippen LogP contribution in [-0.4, -0.2) is 24.7 Å². The molecule has 1 atom stereocenters. The van der Waals surface area contributed by atoms with Crippen molar-refractivity contribution in [3.8, 4) is 5.75 Å². The number of rotatable bonds is 4. The lowest BCUT2D eigenvalue weighted by Gasteiger charge is -2.11. The number of hydrogen-bond donors (Lipinski definition) is 2. The molecule has 0 aromatic heterocycles. The number of hydrogen-bond acceptors (Lipinski definition) is 3. The van der Waals surface area contributed by atoms with Crippen molar-refractivity contribution in [3.63, 3.8) is 0 Å². The highest BCUT2D eigenvalue weighted by atomic mass is 16.5. The maximum Gasteiger partial charge on any atom is 0.227 e. The Morgan fingerprint density at radius 3 is 2.86 bits per heavy atom. The number of aliphatic hydroxyl groups excluding tert-OH is 1. The Bertz CT molecular complexity index is 325. The number of primary amides is 1. The topological polar surface area (TPSA) is 72.6 Å². The maximum absolute atomic E-state index is 11.0. The molecule has 0 fully saturated rings. The first-order chi connectivity index (χ1) is 6.69. The van der Waals surface area contributed by atoms with E-state index < -0.39 is 11.8 Å². The molecule has 0 saturated heterocycles. The zero-order chi connectivity index (χ0) is 10.6. The average molecular weight is 195 g/mol. The van der Waals surface area contributed by atoms with Crippen LogP contribution in [0, 0.1) is 0 Å². The first-order valence-corrected chi connectivity index (χ1v) is 4.23. The average Bonchev–Trinajstić information content (AvgIpc) is 2.19. The molecular weight excluding hydrogens is 182 g/mol. The van der Waals surface area contributed by atoms with Gasteiger partial charge in [0.2, 0.25) is 5.91 Å². The highest BCUT2D eigenvalue weighted by Gasteiger charge is 2.16. The summed E-state index contributed by atoms with van der Waals surface area (Å²) in [5, 5.41) is 8.97. The third kappa shape index (κ3) is 2.23. The minimum atomic E-state index is -0.662. The summed E-state index contributed by atoms with van der Waals surface area (Å²) >= 11 is 0. The molecule has 4 nitrogen and oxygen atoms in total. The van der Waals surface area contributed by atoms with Crippen LogP contribution >= 0.6 is 0 Å². The van der Waals surface area contributed by atoms with E-state index >= 15 is 0 Å². The zero-order valence-electron chi connectivity index (χ0n) is 7.93. The monoisotopic (exact) mass is 195 g/mol. The lowest BCUT2D eigenvalue weighted by molar-refractivity contribution is -0.120. The minimum Gasteiger partial charge on any atom is -0.497 e. The van der Waals surface area contributed by atoms with Crippen molar-refractivity contribution < 1.29 is 14.6 Å². The Balaban J connectivity index is 2.98. The SMILES string of the molecule is COc1cccc(C(CO)C(N)=O)c1. The van der Waals surface area contributed by atoms with E-state index in [0.29, 0.717) is 11.3 Å². The molecule has 0 aliphatic carbocycles. The van der Waals surface area contributed by atoms with Crippen LogP contribution in [0.15, 0.2) is 24.3 Å². The van der Waals surface area contributed by atoms with Crippen molar-refractivity contribution in [1.82, 2.24) is 0 Å². The molecule has 1 aromatic rings. The van der Waals surface area contributed by atoms with Gasteiger partial charge in [0, 0.05) is 0 Å². The van der Waals surface area contributed by atoms with Crippen LogP contribution < -0.4 is 10.5 Å². The van der Waals surface area contributed by atoms with Crippen molar-refractivity contribution >= 4 is 5.91 Å². The molecule has 4 heteroatoms. The fourth-order valence-electron chi connectivity index (χ4n) is 1.22. The molecule has 1 rings (SSSR count). The Morgan fingerprint density at radius 2 is 2.36 bits per heavy atom. The summed E-state index contributed by atoms with van der Waals surface area (Å²) in [4.78, 5) is 11.0. The van der Waals surface area contributed by atoms with E-state index in [2.05, 4.69) is 0 Å². The molecule has 0 radical (unpaired) electrons. The fraction of sp³-hybridized carbons (Fsp3) is 0.300. The van der Waals surface area contributed by atoms with Gasteiger partial charge in [0.05, 0.1) is 19.6 Å². The van der Waals surface area contributed by atoms with Crippen molar-refractivity contribution in [3.05, 3.63) is 29.8 Å². The van der Waals surface area contributed by atoms with Crippen LogP contribution in [0.3, 0.4) is 0 Å². The maximum atomic E-state index is 11.0. The molecule has 0 heterocycles. The van der Waals surface area contributed by atoms with E-state index in [9.17, 15) is 4.79 Å². The third-order valence-electron chi connectivity index (χ3n) is 2.02. The number of carbonyl (C=O) groups is 1. The van der Waals surface area contributed by atoms with Gasteiger partial charge in [-0.1, -0.05) is 12.1 Å². The van der Waals surface area contributed by atoms with Gasteiger partial charge < -0.3 is 15.6 Å². The van der Waals surface area contributed by atoms with E-state index in [-0.39, 0.29) is 6.61 Å². The Hall–Kier alpha value is -1.55. The number of methoxy groups -OCH3 is 1. The molecule has 3 N–H and O–H groups in total. The second kappa shape index (κ2) is 4.62. The smallest absolute Gasteiger partial charge is 0.227 e. The van der Waals surface area contributed by atoms with E-state index in [1.807, 2.05) is 0 Å². The third-order valence-corrected chi connectivity index (χ3v) is 2.02. The van der Waals surface area contributed by atoms with Crippen LogP contribution in [0.25, 0.3) is 0 Å². The second-order valence-corrected chi connectivity index (χ2v) is 2.91. The Morgan fingerprint density at radius 1 is 1.64 bits per heavy atom. The highest BCUT2D eigenvalue weighted by Crippen LogP contribution is 2.20. The molecular formula is C10H13NO3. The normalized spacial score (nSPS) is 12.1. The second-order valence-electron chi connectivity index (χ2n) is 2.91. The summed E-state index contributed by atoms with van der Waals surface area (Å²) in [6.45, 7) is -0.289. The van der Waals surface area contributed by atoms with Crippen LogP contribution in [0.5, 0.6) is 5.75 Å². The van der Waals surface area contributed by atoms with Gasteiger partial charge in [-0.3, -0.25) is 4.79 Å². The van der Waals surface area contributed by atoms with Crippen LogP contribution in [0.1, 0.15) is 11.5 Å². The summed E-state index contributed by atoms with van der Waals surface area (Å²) in [7, 11) is 1.54. The lowest BCUT2D eigenvalue weighted by Crippen LogP contribution is -2.24. The van der Waals surface area contributed by atoms with E-state index in [0.717, 1.165) is 0 Å². The van der Waals surface area contributed by atoms with Gasteiger partial charge in [-0.05, 0) is 17.7 Å². The molecule has 0 bridgehead atoms. The lowest BCUT2D eigenvalue weighted by atomic mass is 9.99. The zero-order valence-corrected chi connectivity index (χ0v) is 7.93. The largest absolute Gasteiger partial charge is 0.497 e. The minimum absolute atomic E-state index is 0.289. The van der Waals surface area contributed by atoms with Gasteiger partial charge in [-0.25, -0.2) is 0 Å². The summed E-state index contributed by atoms with van der Waals surface area (Å²) in [6, 6.07) is 6.93. The molecule has 0 saturated carbocycles. The molecule has 14 heavy (non-hydrogen) atoms. The molecule has 1 aromatic carbocycles. The van der Waals surface area contributed by atoms with Gasteiger partial charge in [0.1, 0.15) is 5.75 Å². The molecule has 0 aliphatic heterocycles. The van der Waals surface area contributed by atoms with Crippen molar-refractivity contribution in [2.24, 2.45) is 5.73 Å². The highest BCUT2D eigenvalue weighted by molar-refractivity contribution is 5.82. The number of nitrogens with two attached hydrogens (primary N) is 1. The van der Waals surface area contributed by atoms with Crippen LogP contribution in [0.2, 0.25) is 0 Å². The van der Waals surface area contributed by atoms with Crippen molar-refractivity contribution in [2.75, 3.05) is 13.7 Å². The summed E-state index contributed by atoms with van der Waals surface area (Å²) in [5.41, 5.74) is 5.80. The summed E-state index contributed by atoms with van der Waals surface area (Å²) in [6.07, 6.45) is 0. The fourth-order valence-corrected chi connectivity index (χ4v) is 1.22. The van der Waals surface area contributed by atoms with Crippen LogP contribution in [0.4, 0.5) is 0 Å². The Labute approximate surface area is 82.3 Å². The van der Waals surface area contributed by atoms with Gasteiger partial charge >= 0.3 is 0 Å². The Kier molecular flexibility index (Phi) is 3.48.